The minimum Gasteiger partial charge on any atom is -0.481 e. The number of piperidine rings is 1. The van der Waals surface area contributed by atoms with Gasteiger partial charge in [-0.25, -0.2) is 0 Å². The van der Waals surface area contributed by atoms with Gasteiger partial charge in [-0.15, -0.1) is 0 Å². The van der Waals surface area contributed by atoms with Crippen LogP contribution in [-0.4, -0.2) is 59.5 Å². The van der Waals surface area contributed by atoms with E-state index < -0.39 is 5.97 Å². The molecular weight excluding hydrogens is 256 g/mol. The van der Waals surface area contributed by atoms with E-state index in [1.54, 1.807) is 6.92 Å². The quantitative estimate of drug-likeness (QED) is 0.772. The molecule has 0 aliphatic carbocycles. The Hall–Kier alpha value is -1.10. The third-order valence-electron chi connectivity index (χ3n) is 4.48. The van der Waals surface area contributed by atoms with Crippen molar-refractivity contribution in [2.45, 2.75) is 40.0 Å². The highest BCUT2D eigenvalue weighted by atomic mass is 16.4. The van der Waals surface area contributed by atoms with E-state index in [9.17, 15) is 9.59 Å². The van der Waals surface area contributed by atoms with E-state index in [0.29, 0.717) is 19.0 Å². The molecule has 0 bridgehead atoms. The third kappa shape index (κ3) is 5.12. The van der Waals surface area contributed by atoms with Gasteiger partial charge in [0.2, 0.25) is 5.91 Å². The largest absolute Gasteiger partial charge is 0.481 e. The fourth-order valence-corrected chi connectivity index (χ4v) is 3.08. The summed E-state index contributed by atoms with van der Waals surface area (Å²) in [5, 5.41) is 9.04. The third-order valence-corrected chi connectivity index (χ3v) is 4.48. The van der Waals surface area contributed by atoms with Crippen LogP contribution in [0.5, 0.6) is 0 Å². The molecule has 1 rings (SSSR count). The van der Waals surface area contributed by atoms with Crippen LogP contribution < -0.4 is 0 Å². The minimum absolute atomic E-state index is 0.103. The number of likely N-dealkylation sites (tertiary alicyclic amines) is 1. The first-order valence-corrected chi connectivity index (χ1v) is 7.67. The van der Waals surface area contributed by atoms with Crippen molar-refractivity contribution in [2.24, 2.45) is 11.8 Å². The summed E-state index contributed by atoms with van der Waals surface area (Å²) in [6, 6.07) is 0. The summed E-state index contributed by atoms with van der Waals surface area (Å²) in [6.45, 7) is 10.3. The number of hydrogen-bond donors (Lipinski definition) is 1. The van der Waals surface area contributed by atoms with Gasteiger partial charge in [0.05, 0.1) is 0 Å². The van der Waals surface area contributed by atoms with Crippen LogP contribution in [0.2, 0.25) is 0 Å². The predicted molar refractivity (Wildman–Crippen MR) is 78.5 cm³/mol. The molecule has 1 heterocycles. The van der Waals surface area contributed by atoms with Crippen LogP contribution in [0, 0.1) is 11.8 Å². The smallest absolute Gasteiger partial charge is 0.303 e. The monoisotopic (exact) mass is 284 g/mol. The first-order chi connectivity index (χ1) is 9.47. The first-order valence-electron chi connectivity index (χ1n) is 7.67. The summed E-state index contributed by atoms with van der Waals surface area (Å²) in [6.07, 6.45) is 2.02. The SMILES string of the molecule is CCN(CC)CCC1CN(C(C)=O)CCC1CC(=O)O. The van der Waals surface area contributed by atoms with E-state index in [4.69, 9.17) is 5.11 Å². The van der Waals surface area contributed by atoms with E-state index in [-0.39, 0.29) is 18.2 Å². The number of carboxylic acid groups (broad SMARTS) is 1. The Bertz CT molecular complexity index is 329. The molecule has 0 aromatic heterocycles. The number of carboxylic acids is 1. The standard InChI is InChI=1S/C15H28N2O3/c1-4-16(5-2)8-6-14-11-17(12(3)18)9-7-13(14)10-15(19)20/h13-14H,4-11H2,1-3H3,(H,19,20). The highest BCUT2D eigenvalue weighted by Crippen LogP contribution is 2.29. The Morgan fingerprint density at radius 1 is 1.25 bits per heavy atom. The summed E-state index contributed by atoms with van der Waals surface area (Å²) in [7, 11) is 0. The fraction of sp³-hybridized carbons (Fsp3) is 0.867. The molecule has 0 aromatic rings. The Morgan fingerprint density at radius 3 is 2.40 bits per heavy atom. The van der Waals surface area contributed by atoms with Crippen LogP contribution in [0.15, 0.2) is 0 Å². The Balaban J connectivity index is 2.61. The molecule has 20 heavy (non-hydrogen) atoms. The molecule has 0 saturated carbocycles. The molecule has 1 amide bonds. The van der Waals surface area contributed by atoms with Gasteiger partial charge >= 0.3 is 5.97 Å². The van der Waals surface area contributed by atoms with Crippen LogP contribution in [0.1, 0.15) is 40.0 Å². The lowest BCUT2D eigenvalue weighted by atomic mass is 9.81. The molecule has 116 valence electrons. The van der Waals surface area contributed by atoms with Gasteiger partial charge in [0.25, 0.3) is 0 Å². The topological polar surface area (TPSA) is 60.9 Å². The zero-order chi connectivity index (χ0) is 15.1. The molecule has 0 aromatic carbocycles. The second-order valence-corrected chi connectivity index (χ2v) is 5.69. The Labute approximate surface area is 121 Å². The second-order valence-electron chi connectivity index (χ2n) is 5.69. The van der Waals surface area contributed by atoms with Crippen molar-refractivity contribution in [2.75, 3.05) is 32.7 Å². The average molecular weight is 284 g/mol. The molecule has 2 atom stereocenters. The van der Waals surface area contributed by atoms with Gasteiger partial charge in [-0.2, -0.15) is 0 Å². The van der Waals surface area contributed by atoms with E-state index in [2.05, 4.69) is 18.7 Å². The molecule has 5 nitrogen and oxygen atoms in total. The van der Waals surface area contributed by atoms with Crippen molar-refractivity contribution in [1.82, 2.24) is 9.80 Å². The molecule has 1 fully saturated rings. The van der Waals surface area contributed by atoms with Gasteiger partial charge in [-0.1, -0.05) is 13.8 Å². The maximum atomic E-state index is 11.5. The number of nitrogens with zero attached hydrogens (tertiary/aromatic N) is 2. The maximum Gasteiger partial charge on any atom is 0.303 e. The van der Waals surface area contributed by atoms with Crippen molar-refractivity contribution in [1.29, 1.82) is 0 Å². The van der Waals surface area contributed by atoms with Gasteiger partial charge in [0.1, 0.15) is 0 Å². The van der Waals surface area contributed by atoms with Crippen molar-refractivity contribution in [3.8, 4) is 0 Å². The molecule has 1 saturated heterocycles. The molecule has 0 radical (unpaired) electrons. The molecule has 1 N–H and O–H groups in total. The van der Waals surface area contributed by atoms with Crippen molar-refractivity contribution in [3.05, 3.63) is 0 Å². The van der Waals surface area contributed by atoms with Gasteiger partial charge < -0.3 is 14.9 Å². The number of amides is 1. The number of hydrogen-bond acceptors (Lipinski definition) is 3. The first kappa shape index (κ1) is 17.0. The average Bonchev–Trinajstić information content (AvgIpc) is 2.40. The number of carbonyl (C=O) groups excluding carboxylic acids is 1. The van der Waals surface area contributed by atoms with Crippen molar-refractivity contribution < 1.29 is 14.7 Å². The molecule has 1 aliphatic heterocycles. The molecule has 0 spiro atoms. The normalized spacial score (nSPS) is 23.1. The van der Waals surface area contributed by atoms with Crippen LogP contribution in [0.25, 0.3) is 0 Å². The number of rotatable bonds is 7. The summed E-state index contributed by atoms with van der Waals surface area (Å²) in [5.74, 6) is -0.103. The fourth-order valence-electron chi connectivity index (χ4n) is 3.08. The summed E-state index contributed by atoms with van der Waals surface area (Å²) >= 11 is 0. The summed E-state index contributed by atoms with van der Waals surface area (Å²) in [4.78, 5) is 26.7. The molecular formula is C15H28N2O3. The Kier molecular flexibility index (Phi) is 6.99. The minimum atomic E-state index is -0.723. The summed E-state index contributed by atoms with van der Waals surface area (Å²) < 4.78 is 0. The van der Waals surface area contributed by atoms with E-state index in [1.807, 2.05) is 4.90 Å². The van der Waals surface area contributed by atoms with Gasteiger partial charge in [-0.3, -0.25) is 9.59 Å². The summed E-state index contributed by atoms with van der Waals surface area (Å²) in [5.41, 5.74) is 0. The van der Waals surface area contributed by atoms with Crippen LogP contribution >= 0.6 is 0 Å². The Morgan fingerprint density at radius 2 is 1.90 bits per heavy atom. The lowest BCUT2D eigenvalue weighted by molar-refractivity contribution is -0.139. The second kappa shape index (κ2) is 8.25. The van der Waals surface area contributed by atoms with E-state index in [0.717, 1.165) is 32.5 Å². The van der Waals surface area contributed by atoms with Crippen molar-refractivity contribution >= 4 is 11.9 Å². The highest BCUT2D eigenvalue weighted by molar-refractivity contribution is 5.73. The molecule has 5 heteroatoms. The van der Waals surface area contributed by atoms with Gasteiger partial charge in [0.15, 0.2) is 0 Å². The van der Waals surface area contributed by atoms with E-state index >= 15 is 0 Å². The zero-order valence-corrected chi connectivity index (χ0v) is 13.0. The van der Waals surface area contributed by atoms with Crippen LogP contribution in [0.4, 0.5) is 0 Å². The van der Waals surface area contributed by atoms with E-state index in [1.165, 1.54) is 0 Å². The van der Waals surface area contributed by atoms with Crippen LogP contribution in [-0.2, 0) is 9.59 Å². The molecule has 2 unspecified atom stereocenters. The van der Waals surface area contributed by atoms with Gasteiger partial charge in [0, 0.05) is 26.4 Å². The lowest BCUT2D eigenvalue weighted by Gasteiger charge is -2.38. The van der Waals surface area contributed by atoms with Crippen molar-refractivity contribution in [3.63, 3.8) is 0 Å². The van der Waals surface area contributed by atoms with Gasteiger partial charge in [-0.05, 0) is 44.3 Å². The zero-order valence-electron chi connectivity index (χ0n) is 13.0. The van der Waals surface area contributed by atoms with Crippen LogP contribution in [0.3, 0.4) is 0 Å². The number of carbonyl (C=O) groups is 2. The lowest BCUT2D eigenvalue weighted by Crippen LogP contribution is -2.44. The number of aliphatic carboxylic acids is 1. The maximum absolute atomic E-state index is 11.5. The predicted octanol–water partition coefficient (Wildman–Crippen LogP) is 1.68. The molecule has 1 aliphatic rings. The highest BCUT2D eigenvalue weighted by Gasteiger charge is 2.31.